The number of imide groups is 1. The number of aliphatic imine (C=N–C) groups is 1. The number of nitro groups is 1. The van der Waals surface area contributed by atoms with Gasteiger partial charge in [-0.3, -0.25) is 29.4 Å². The van der Waals surface area contributed by atoms with Crippen LogP contribution in [-0.2, 0) is 14.4 Å². The number of nitro benzene ring substituents is 1. The molecule has 0 unspecified atom stereocenters. The van der Waals surface area contributed by atoms with E-state index >= 15 is 0 Å². The number of benzene rings is 3. The average Bonchev–Trinajstić information content (AvgIpc) is 3.68. The number of anilines is 1. The maximum absolute atomic E-state index is 13.1. The summed E-state index contributed by atoms with van der Waals surface area (Å²) in [5.74, 6) is -1.09. The molecule has 1 aliphatic carbocycles. The Morgan fingerprint density at radius 3 is 2.59 bits per heavy atom. The van der Waals surface area contributed by atoms with Gasteiger partial charge >= 0.3 is 0 Å². The Hall–Kier alpha value is -4.04. The largest absolute Gasteiger partial charge is 0.300 e. The first kappa shape index (κ1) is 30.6. The van der Waals surface area contributed by atoms with Gasteiger partial charge in [-0.1, -0.05) is 48.3 Å². The molecule has 232 valence electrons. The van der Waals surface area contributed by atoms with Gasteiger partial charge < -0.3 is 5.32 Å². The monoisotopic (exact) mass is 689 g/mol. The van der Waals surface area contributed by atoms with E-state index in [4.69, 9.17) is 11.6 Å². The molecule has 1 aromatic heterocycles. The number of carbonyl (C=O) groups excluding carboxylic acids is 3. The van der Waals surface area contributed by atoms with Crippen LogP contribution in [0.25, 0.3) is 16.3 Å². The normalized spacial score (nSPS) is 21.4. The summed E-state index contributed by atoms with van der Waals surface area (Å²) in [6, 6.07) is 15.4. The molecule has 2 aliphatic heterocycles. The maximum atomic E-state index is 13.1. The quantitative estimate of drug-likeness (QED) is 0.0935. The molecule has 0 spiro atoms. The van der Waals surface area contributed by atoms with Gasteiger partial charge in [-0.05, 0) is 85.1 Å². The average molecular weight is 690 g/mol. The molecule has 2 atom stereocenters. The SMILES string of the molecule is Cc1c(Cl)cccc1N=C1NC(=O)/C(=C/c2ccc(Sc3nc4ccc(N5C(=O)[C@@H]6CCCC[C@H]6C5=O)cc4s3)c([N+](=O)[O-])c2)S1. The van der Waals surface area contributed by atoms with Gasteiger partial charge in [0.05, 0.1) is 48.2 Å². The molecule has 3 aliphatic rings. The summed E-state index contributed by atoms with van der Waals surface area (Å²) in [5, 5.41) is 15.8. The van der Waals surface area contributed by atoms with Crippen molar-refractivity contribution in [3.63, 3.8) is 0 Å². The third kappa shape index (κ3) is 5.72. The van der Waals surface area contributed by atoms with Crippen molar-refractivity contribution in [3.8, 4) is 0 Å². The summed E-state index contributed by atoms with van der Waals surface area (Å²) < 4.78 is 1.35. The van der Waals surface area contributed by atoms with Crippen molar-refractivity contribution < 1.29 is 19.3 Å². The highest BCUT2D eigenvalue weighted by atomic mass is 35.5. The van der Waals surface area contributed by atoms with Gasteiger partial charge in [0, 0.05) is 11.1 Å². The number of nitrogens with zero attached hydrogens (tertiary/aromatic N) is 4. The fourth-order valence-corrected chi connectivity index (χ4v) is 9.04. The molecule has 2 saturated heterocycles. The Morgan fingerprint density at radius 2 is 1.85 bits per heavy atom. The summed E-state index contributed by atoms with van der Waals surface area (Å²) in [4.78, 5) is 61.7. The Balaban J connectivity index is 1.11. The molecule has 3 fully saturated rings. The molecular formula is C32H24ClN5O5S3. The van der Waals surface area contributed by atoms with E-state index in [-0.39, 0.29) is 35.2 Å². The first-order valence-electron chi connectivity index (χ1n) is 14.5. The van der Waals surface area contributed by atoms with E-state index in [2.05, 4.69) is 15.3 Å². The number of amides is 3. The van der Waals surface area contributed by atoms with Crippen molar-refractivity contribution >= 4 is 103 Å². The predicted octanol–water partition coefficient (Wildman–Crippen LogP) is 7.89. The lowest BCUT2D eigenvalue weighted by molar-refractivity contribution is -0.387. The number of fused-ring (bicyclic) bond motifs is 2. The Morgan fingerprint density at radius 1 is 1.09 bits per heavy atom. The van der Waals surface area contributed by atoms with Crippen molar-refractivity contribution in [2.24, 2.45) is 16.8 Å². The van der Waals surface area contributed by atoms with Gasteiger partial charge in [0.1, 0.15) is 0 Å². The zero-order valence-electron chi connectivity index (χ0n) is 24.2. The van der Waals surface area contributed by atoms with Crippen molar-refractivity contribution in [3.05, 3.63) is 85.8 Å². The van der Waals surface area contributed by atoms with E-state index in [0.717, 1.165) is 59.5 Å². The minimum absolute atomic E-state index is 0.123. The predicted molar refractivity (Wildman–Crippen MR) is 182 cm³/mol. The molecule has 3 heterocycles. The van der Waals surface area contributed by atoms with Crippen molar-refractivity contribution in [1.29, 1.82) is 0 Å². The van der Waals surface area contributed by atoms with Crippen LogP contribution in [0.4, 0.5) is 17.1 Å². The molecular weight excluding hydrogens is 666 g/mol. The molecule has 0 radical (unpaired) electrons. The minimum atomic E-state index is -0.462. The number of halogens is 1. The summed E-state index contributed by atoms with van der Waals surface area (Å²) >= 11 is 9.83. The molecule has 0 bridgehead atoms. The number of hydrogen-bond acceptors (Lipinski definition) is 10. The molecule has 3 aromatic carbocycles. The lowest BCUT2D eigenvalue weighted by Gasteiger charge is -2.19. The number of nitrogens with one attached hydrogen (secondary N) is 1. The van der Waals surface area contributed by atoms with Gasteiger partial charge in [-0.25, -0.2) is 9.98 Å². The van der Waals surface area contributed by atoms with Crippen molar-refractivity contribution in [1.82, 2.24) is 10.3 Å². The number of carbonyl (C=O) groups is 3. The number of thioether (sulfide) groups is 1. The lowest BCUT2D eigenvalue weighted by atomic mass is 9.81. The second-order valence-corrected chi connectivity index (χ2v) is 14.9. The van der Waals surface area contributed by atoms with Crippen molar-refractivity contribution in [2.45, 2.75) is 41.8 Å². The topological polar surface area (TPSA) is 135 Å². The Kier molecular flexibility index (Phi) is 8.17. The summed E-state index contributed by atoms with van der Waals surface area (Å²) in [6.45, 7) is 1.84. The number of thiazole rings is 1. The molecule has 46 heavy (non-hydrogen) atoms. The lowest BCUT2D eigenvalue weighted by Crippen LogP contribution is -2.30. The molecule has 4 aromatic rings. The molecule has 10 nitrogen and oxygen atoms in total. The second kappa shape index (κ2) is 12.3. The third-order valence-electron chi connectivity index (χ3n) is 8.24. The molecule has 1 N–H and O–H groups in total. The first-order chi connectivity index (χ1) is 22.2. The number of hydrogen-bond donors (Lipinski definition) is 1. The highest BCUT2D eigenvalue weighted by Gasteiger charge is 2.48. The van der Waals surface area contributed by atoms with Crippen LogP contribution in [0.5, 0.6) is 0 Å². The van der Waals surface area contributed by atoms with Gasteiger partial charge in [0.15, 0.2) is 9.51 Å². The fourth-order valence-electron chi connectivity index (χ4n) is 5.90. The van der Waals surface area contributed by atoms with Crippen molar-refractivity contribution in [2.75, 3.05) is 4.90 Å². The fraction of sp³-hybridized carbons (Fsp3) is 0.219. The Labute approximate surface area is 280 Å². The van der Waals surface area contributed by atoms with E-state index in [1.54, 1.807) is 54.6 Å². The summed E-state index contributed by atoms with van der Waals surface area (Å²) in [5.41, 5.74) is 2.99. The van der Waals surface area contributed by atoms with E-state index in [0.29, 0.717) is 46.8 Å². The Bertz CT molecular complexity index is 2020. The van der Waals surface area contributed by atoms with Crippen LogP contribution in [0.2, 0.25) is 5.02 Å². The third-order valence-corrected chi connectivity index (χ3v) is 11.7. The van der Waals surface area contributed by atoms with E-state index in [1.807, 2.05) is 6.92 Å². The molecule has 14 heteroatoms. The molecule has 1 saturated carbocycles. The van der Waals surface area contributed by atoms with Crippen LogP contribution >= 0.6 is 46.5 Å². The van der Waals surface area contributed by atoms with Crippen LogP contribution in [0.15, 0.2) is 73.7 Å². The van der Waals surface area contributed by atoms with Crippen LogP contribution in [0.1, 0.15) is 36.8 Å². The summed E-state index contributed by atoms with van der Waals surface area (Å²) in [6.07, 6.45) is 5.00. The zero-order chi connectivity index (χ0) is 32.1. The second-order valence-electron chi connectivity index (χ2n) is 11.1. The highest BCUT2D eigenvalue weighted by Crippen LogP contribution is 2.43. The van der Waals surface area contributed by atoms with Crippen LogP contribution in [0.3, 0.4) is 0 Å². The van der Waals surface area contributed by atoms with E-state index in [9.17, 15) is 24.5 Å². The van der Waals surface area contributed by atoms with Gasteiger partial charge in [-0.2, -0.15) is 0 Å². The number of rotatable bonds is 6. The maximum Gasteiger partial charge on any atom is 0.283 e. The van der Waals surface area contributed by atoms with Gasteiger partial charge in [-0.15, -0.1) is 11.3 Å². The van der Waals surface area contributed by atoms with E-state index < -0.39 is 4.92 Å². The molecule has 3 amide bonds. The minimum Gasteiger partial charge on any atom is -0.300 e. The smallest absolute Gasteiger partial charge is 0.283 e. The number of amidine groups is 1. The van der Waals surface area contributed by atoms with Crippen LogP contribution in [0, 0.1) is 28.9 Å². The zero-order valence-corrected chi connectivity index (χ0v) is 27.4. The van der Waals surface area contributed by atoms with Gasteiger partial charge in [0.2, 0.25) is 11.8 Å². The first-order valence-corrected chi connectivity index (χ1v) is 17.3. The summed E-state index contributed by atoms with van der Waals surface area (Å²) in [7, 11) is 0. The highest BCUT2D eigenvalue weighted by molar-refractivity contribution is 8.18. The van der Waals surface area contributed by atoms with Crippen LogP contribution < -0.4 is 10.2 Å². The van der Waals surface area contributed by atoms with Gasteiger partial charge in [0.25, 0.3) is 11.6 Å². The molecule has 7 rings (SSSR count). The number of aromatic nitrogens is 1. The standard InChI is InChI=1S/C32H24ClN5O5S3/c1-16-21(33)7-4-8-22(16)34-31-36-28(39)27(44-31)14-17-9-12-25(24(13-17)38(42)43)45-32-35-23-11-10-18(15-26(23)46-32)37-29(40)19-5-2-3-6-20(19)30(37)41/h4,7-15,19-20H,2-3,5-6H2,1H3,(H,34,36,39)/b27-14-/t19-,20-/m1/s1. The van der Waals surface area contributed by atoms with E-state index in [1.165, 1.54) is 22.3 Å². The van der Waals surface area contributed by atoms with Crippen LogP contribution in [-0.4, -0.2) is 32.8 Å².